The van der Waals surface area contributed by atoms with Crippen molar-refractivity contribution >= 4 is 9.84 Å². The third-order valence-electron chi connectivity index (χ3n) is 2.65. The molecule has 0 bridgehead atoms. The van der Waals surface area contributed by atoms with E-state index in [0.717, 1.165) is 0 Å². The highest BCUT2D eigenvalue weighted by Gasteiger charge is 2.37. The first kappa shape index (κ1) is 9.99. The smallest absolute Gasteiger partial charge is 0.155 e. The molecule has 1 heterocycles. The highest BCUT2D eigenvalue weighted by molar-refractivity contribution is 7.92. The maximum absolute atomic E-state index is 11.5. The third-order valence-corrected chi connectivity index (χ3v) is 5.28. The van der Waals surface area contributed by atoms with Crippen molar-refractivity contribution in [3.8, 4) is 0 Å². The van der Waals surface area contributed by atoms with Gasteiger partial charge in [-0.25, -0.2) is 8.42 Å². The molecule has 1 atom stereocenters. The minimum atomic E-state index is -2.86. The summed E-state index contributed by atoms with van der Waals surface area (Å²) in [6.07, 6.45) is 1.37. The number of hydrogen-bond acceptors (Lipinski definition) is 2. The molecule has 0 aromatic rings. The fourth-order valence-corrected chi connectivity index (χ4v) is 3.17. The van der Waals surface area contributed by atoms with Crippen molar-refractivity contribution in [2.45, 2.75) is 37.5 Å². The highest BCUT2D eigenvalue weighted by atomic mass is 32.2. The van der Waals surface area contributed by atoms with E-state index in [4.69, 9.17) is 0 Å². The summed E-state index contributed by atoms with van der Waals surface area (Å²) in [6.45, 7) is 3.58. The normalized spacial score (nSPS) is 33.1. The summed E-state index contributed by atoms with van der Waals surface area (Å²) < 4.78 is 22.5. The molecule has 12 heavy (non-hydrogen) atoms. The van der Waals surface area contributed by atoms with Gasteiger partial charge in [0.05, 0.1) is 4.75 Å². The number of sulfone groups is 1. The van der Waals surface area contributed by atoms with Gasteiger partial charge in [0.25, 0.3) is 0 Å². The van der Waals surface area contributed by atoms with Crippen molar-refractivity contribution in [3.63, 3.8) is 0 Å². The van der Waals surface area contributed by atoms with Crippen molar-refractivity contribution in [1.82, 2.24) is 0 Å². The molecule has 0 saturated carbocycles. The van der Waals surface area contributed by atoms with E-state index in [1.807, 2.05) is 0 Å². The van der Waals surface area contributed by atoms with Crippen LogP contribution in [0.3, 0.4) is 0 Å². The Labute approximate surface area is 74.5 Å². The molecule has 0 spiro atoms. The fraction of sp³-hybridized carbons (Fsp3) is 1.00. The zero-order chi connectivity index (χ0) is 9.41. The average molecular weight is 190 g/mol. The summed E-state index contributed by atoms with van der Waals surface area (Å²) in [5.41, 5.74) is 0. The number of hydrogen-bond donors (Lipinski definition) is 0. The van der Waals surface area contributed by atoms with Crippen LogP contribution in [-0.2, 0) is 9.84 Å². The van der Waals surface area contributed by atoms with Crippen LogP contribution in [0.2, 0.25) is 0 Å². The minimum Gasteiger partial charge on any atom is -0.662 e. The lowest BCUT2D eigenvalue weighted by atomic mass is 10.0. The van der Waals surface area contributed by atoms with Crippen LogP contribution in [0.15, 0.2) is 0 Å². The Hall–Kier alpha value is -0.0900. The average Bonchev–Trinajstić information content (AvgIpc) is 1.95. The standard InChI is InChI=1S/C8H16NO2S/c1-8(2)6-7(9-3)4-5-12(8,10)11/h7H,4-6H2,1-3H3/q-1. The second kappa shape index (κ2) is 3.00. The van der Waals surface area contributed by atoms with Gasteiger partial charge < -0.3 is 5.32 Å². The molecule has 1 fully saturated rings. The summed E-state index contributed by atoms with van der Waals surface area (Å²) in [7, 11) is -1.10. The minimum absolute atomic E-state index is 0.239. The topological polar surface area (TPSA) is 48.2 Å². The first-order valence-electron chi connectivity index (χ1n) is 4.20. The summed E-state index contributed by atoms with van der Waals surface area (Å²) in [5.74, 6) is 0.294. The van der Waals surface area contributed by atoms with Gasteiger partial charge in [0.15, 0.2) is 9.84 Å². The zero-order valence-corrected chi connectivity index (χ0v) is 8.69. The molecular weight excluding hydrogens is 174 g/mol. The number of nitrogens with zero attached hydrogens (tertiary/aromatic N) is 1. The maximum atomic E-state index is 11.5. The summed E-state index contributed by atoms with van der Waals surface area (Å²) in [4.78, 5) is 0. The SMILES string of the molecule is C[N-]C1CCS(=O)(=O)C(C)(C)C1. The first-order valence-corrected chi connectivity index (χ1v) is 5.85. The molecule has 1 aliphatic rings. The van der Waals surface area contributed by atoms with E-state index in [9.17, 15) is 8.42 Å². The van der Waals surface area contributed by atoms with E-state index < -0.39 is 14.6 Å². The monoisotopic (exact) mass is 190 g/mol. The van der Waals surface area contributed by atoms with E-state index in [2.05, 4.69) is 5.32 Å². The molecular formula is C8H16NO2S-. The van der Waals surface area contributed by atoms with Gasteiger partial charge in [-0.3, -0.25) is 0 Å². The van der Waals surface area contributed by atoms with Crippen LogP contribution in [-0.4, -0.2) is 32.0 Å². The van der Waals surface area contributed by atoms with Crippen LogP contribution in [0, 0.1) is 0 Å². The van der Waals surface area contributed by atoms with Gasteiger partial charge in [-0.2, -0.15) is 7.05 Å². The Bertz CT molecular complexity index is 256. The lowest BCUT2D eigenvalue weighted by molar-refractivity contribution is 0.468. The molecule has 0 radical (unpaired) electrons. The summed E-state index contributed by atoms with van der Waals surface area (Å²) in [5, 5.41) is 4.14. The van der Waals surface area contributed by atoms with Crippen molar-refractivity contribution in [3.05, 3.63) is 5.32 Å². The molecule has 0 N–H and O–H groups in total. The second-order valence-corrected chi connectivity index (χ2v) is 6.73. The maximum Gasteiger partial charge on any atom is 0.155 e. The molecule has 0 aliphatic carbocycles. The van der Waals surface area contributed by atoms with Crippen LogP contribution in [0.1, 0.15) is 26.7 Å². The predicted molar refractivity (Wildman–Crippen MR) is 50.2 cm³/mol. The van der Waals surface area contributed by atoms with Gasteiger partial charge >= 0.3 is 0 Å². The van der Waals surface area contributed by atoms with Gasteiger partial charge in [-0.05, 0) is 13.8 Å². The van der Waals surface area contributed by atoms with Crippen LogP contribution >= 0.6 is 0 Å². The van der Waals surface area contributed by atoms with Gasteiger partial charge in [0, 0.05) is 5.75 Å². The van der Waals surface area contributed by atoms with Crippen molar-refractivity contribution < 1.29 is 8.42 Å². The Morgan fingerprint density at radius 3 is 2.42 bits per heavy atom. The van der Waals surface area contributed by atoms with Gasteiger partial charge in [0.1, 0.15) is 0 Å². The molecule has 72 valence electrons. The summed E-state index contributed by atoms with van der Waals surface area (Å²) >= 11 is 0. The predicted octanol–water partition coefficient (Wildman–Crippen LogP) is 1.35. The van der Waals surface area contributed by atoms with Crippen molar-refractivity contribution in [2.24, 2.45) is 0 Å². The molecule has 1 unspecified atom stereocenters. The van der Waals surface area contributed by atoms with Crippen LogP contribution in [0.5, 0.6) is 0 Å². The van der Waals surface area contributed by atoms with Gasteiger partial charge in [-0.15, -0.1) is 6.04 Å². The van der Waals surface area contributed by atoms with E-state index in [-0.39, 0.29) is 6.04 Å². The summed E-state index contributed by atoms with van der Waals surface area (Å²) in [6, 6.07) is 0.239. The second-order valence-electron chi connectivity index (χ2n) is 3.98. The number of rotatable bonds is 1. The Morgan fingerprint density at radius 1 is 1.42 bits per heavy atom. The Kier molecular flexibility index (Phi) is 2.50. The Balaban J connectivity index is 2.82. The molecule has 1 saturated heterocycles. The molecule has 0 aromatic carbocycles. The zero-order valence-electron chi connectivity index (χ0n) is 7.87. The van der Waals surface area contributed by atoms with Gasteiger partial charge in [0.2, 0.25) is 0 Å². The van der Waals surface area contributed by atoms with E-state index in [1.165, 1.54) is 0 Å². The van der Waals surface area contributed by atoms with E-state index in [1.54, 1.807) is 20.9 Å². The molecule has 3 nitrogen and oxygen atoms in total. The fourth-order valence-electron chi connectivity index (χ4n) is 1.58. The van der Waals surface area contributed by atoms with Crippen LogP contribution in [0.4, 0.5) is 0 Å². The lowest BCUT2D eigenvalue weighted by Gasteiger charge is -2.40. The van der Waals surface area contributed by atoms with Crippen molar-refractivity contribution in [1.29, 1.82) is 0 Å². The largest absolute Gasteiger partial charge is 0.662 e. The molecule has 0 amide bonds. The van der Waals surface area contributed by atoms with Gasteiger partial charge in [-0.1, -0.05) is 12.8 Å². The molecule has 0 aromatic heterocycles. The lowest BCUT2D eigenvalue weighted by Crippen LogP contribution is -2.42. The quantitative estimate of drug-likeness (QED) is 0.626. The first-order chi connectivity index (χ1) is 5.39. The van der Waals surface area contributed by atoms with E-state index in [0.29, 0.717) is 18.6 Å². The molecule has 1 aliphatic heterocycles. The highest BCUT2D eigenvalue weighted by Crippen LogP contribution is 2.32. The third kappa shape index (κ3) is 1.64. The molecule has 1 rings (SSSR count). The Morgan fingerprint density at radius 2 is 2.00 bits per heavy atom. The van der Waals surface area contributed by atoms with Crippen LogP contribution < -0.4 is 0 Å². The molecule has 4 heteroatoms. The van der Waals surface area contributed by atoms with E-state index >= 15 is 0 Å². The van der Waals surface area contributed by atoms with Crippen molar-refractivity contribution in [2.75, 3.05) is 12.8 Å². The van der Waals surface area contributed by atoms with Crippen LogP contribution in [0.25, 0.3) is 5.32 Å².